The number of hydrogen-bond donors (Lipinski definition) is 0. The van der Waals surface area contributed by atoms with Crippen LogP contribution in [0, 0.1) is 11.8 Å². The van der Waals surface area contributed by atoms with E-state index >= 15 is 0 Å². The van der Waals surface area contributed by atoms with E-state index in [1.807, 2.05) is 19.1 Å². The minimum atomic E-state index is 0.450. The summed E-state index contributed by atoms with van der Waals surface area (Å²) in [5, 5.41) is 12.8. The molecule has 0 aliphatic rings. The molecule has 0 saturated carbocycles. The molecule has 6 heteroatoms. The quantitative estimate of drug-likeness (QED) is 0.797. The van der Waals surface area contributed by atoms with Crippen LogP contribution in [0.15, 0.2) is 22.7 Å². The van der Waals surface area contributed by atoms with E-state index in [1.54, 1.807) is 6.07 Å². The van der Waals surface area contributed by atoms with Gasteiger partial charge in [-0.05, 0) is 39.3 Å². The fourth-order valence-electron chi connectivity index (χ4n) is 1.31. The maximum atomic E-state index is 6.02. The Labute approximate surface area is 118 Å². The molecule has 0 saturated heterocycles. The van der Waals surface area contributed by atoms with E-state index in [1.165, 1.54) is 4.80 Å². The normalized spacial score (nSPS) is 9.94. The summed E-state index contributed by atoms with van der Waals surface area (Å²) in [7, 11) is 0. The molecule has 0 unspecified atom stereocenters. The van der Waals surface area contributed by atoms with Gasteiger partial charge in [0.25, 0.3) is 0 Å². The Hall–Kier alpha value is -1.38. The second-order valence-electron chi connectivity index (χ2n) is 3.48. The van der Waals surface area contributed by atoms with Crippen molar-refractivity contribution in [1.82, 2.24) is 20.2 Å². The van der Waals surface area contributed by atoms with E-state index in [4.69, 9.17) is 11.6 Å². The molecule has 0 aliphatic heterocycles. The summed E-state index contributed by atoms with van der Waals surface area (Å²) in [5.41, 5.74) is 0.831. The Balaban J connectivity index is 2.21. The van der Waals surface area contributed by atoms with E-state index in [2.05, 4.69) is 43.2 Å². The predicted octanol–water partition coefficient (Wildman–Crippen LogP) is 3.17. The fraction of sp³-hybridized carbons (Fsp3) is 0.250. The molecule has 18 heavy (non-hydrogen) atoms. The number of rotatable bonds is 2. The van der Waals surface area contributed by atoms with Gasteiger partial charge in [0.15, 0.2) is 0 Å². The summed E-state index contributed by atoms with van der Waals surface area (Å²) < 4.78 is 0.842. The van der Waals surface area contributed by atoms with Gasteiger partial charge in [-0.2, -0.15) is 4.80 Å². The molecule has 0 aliphatic carbocycles. The zero-order valence-corrected chi connectivity index (χ0v) is 12.0. The van der Waals surface area contributed by atoms with Crippen molar-refractivity contribution in [2.45, 2.75) is 19.9 Å². The summed E-state index contributed by atoms with van der Waals surface area (Å²) in [6.45, 7) is 2.45. The van der Waals surface area contributed by atoms with E-state index in [-0.39, 0.29) is 0 Å². The Morgan fingerprint density at radius 2 is 2.22 bits per heavy atom. The van der Waals surface area contributed by atoms with Crippen LogP contribution in [0.25, 0.3) is 11.4 Å². The van der Waals surface area contributed by atoms with Crippen LogP contribution in [0.2, 0.25) is 5.02 Å². The summed E-state index contributed by atoms with van der Waals surface area (Å²) in [6.07, 6.45) is 0.823. The first kappa shape index (κ1) is 13.1. The summed E-state index contributed by atoms with van der Waals surface area (Å²) in [4.78, 5) is 1.47. The number of aromatic nitrogens is 4. The SMILES string of the molecule is CCC#CCn1nnc(-c2ccc(Br)c(Cl)c2)n1. The zero-order chi connectivity index (χ0) is 13.0. The Morgan fingerprint density at radius 3 is 2.94 bits per heavy atom. The van der Waals surface area contributed by atoms with Gasteiger partial charge >= 0.3 is 0 Å². The average molecular weight is 326 g/mol. The van der Waals surface area contributed by atoms with Crippen molar-refractivity contribution in [3.8, 4) is 23.2 Å². The highest BCUT2D eigenvalue weighted by atomic mass is 79.9. The lowest BCUT2D eigenvalue weighted by atomic mass is 10.2. The third-order valence-electron chi connectivity index (χ3n) is 2.15. The lowest BCUT2D eigenvalue weighted by Crippen LogP contribution is -2.00. The first-order valence-corrected chi connectivity index (χ1v) is 6.56. The van der Waals surface area contributed by atoms with Crippen LogP contribution in [-0.4, -0.2) is 20.2 Å². The van der Waals surface area contributed by atoms with Crippen LogP contribution in [0.1, 0.15) is 13.3 Å². The Bertz CT molecular complexity index is 612. The van der Waals surface area contributed by atoms with Crippen LogP contribution >= 0.6 is 27.5 Å². The molecule has 0 fully saturated rings. The second kappa shape index (κ2) is 5.98. The standard InChI is InChI=1S/C12H10BrClN4/c1-2-3-4-7-18-16-12(15-17-18)9-5-6-10(13)11(14)8-9/h5-6,8H,2,7H2,1H3. The molecule has 1 heterocycles. The largest absolute Gasteiger partial charge is 0.205 e. The maximum absolute atomic E-state index is 6.02. The minimum Gasteiger partial charge on any atom is -0.152 e. The minimum absolute atomic E-state index is 0.450. The maximum Gasteiger partial charge on any atom is 0.205 e. The summed E-state index contributed by atoms with van der Waals surface area (Å²) in [5.74, 6) is 6.45. The number of nitrogens with zero attached hydrogens (tertiary/aromatic N) is 4. The van der Waals surface area contributed by atoms with Gasteiger partial charge in [-0.3, -0.25) is 0 Å². The summed E-state index contributed by atoms with van der Waals surface area (Å²) in [6, 6.07) is 5.54. The van der Waals surface area contributed by atoms with Crippen molar-refractivity contribution in [1.29, 1.82) is 0 Å². The monoisotopic (exact) mass is 324 g/mol. The smallest absolute Gasteiger partial charge is 0.152 e. The molecule has 0 amide bonds. The molecule has 0 bridgehead atoms. The van der Waals surface area contributed by atoms with Crippen molar-refractivity contribution >= 4 is 27.5 Å². The van der Waals surface area contributed by atoms with Crippen LogP contribution in [0.5, 0.6) is 0 Å². The lowest BCUT2D eigenvalue weighted by Gasteiger charge is -1.97. The van der Waals surface area contributed by atoms with Gasteiger partial charge in [0.05, 0.1) is 5.02 Å². The van der Waals surface area contributed by atoms with E-state index in [0.29, 0.717) is 17.4 Å². The molecule has 92 valence electrons. The zero-order valence-electron chi connectivity index (χ0n) is 9.69. The Kier molecular flexibility index (Phi) is 4.34. The predicted molar refractivity (Wildman–Crippen MR) is 74.0 cm³/mol. The molecule has 4 nitrogen and oxygen atoms in total. The highest BCUT2D eigenvalue weighted by Gasteiger charge is 2.07. The average Bonchev–Trinajstić information content (AvgIpc) is 2.82. The van der Waals surface area contributed by atoms with Gasteiger partial charge in [0, 0.05) is 16.5 Å². The number of benzene rings is 1. The third-order valence-corrected chi connectivity index (χ3v) is 3.39. The molecule has 0 radical (unpaired) electrons. The topological polar surface area (TPSA) is 43.6 Å². The lowest BCUT2D eigenvalue weighted by molar-refractivity contribution is 0.592. The fourth-order valence-corrected chi connectivity index (χ4v) is 1.74. The van der Waals surface area contributed by atoms with E-state index < -0.39 is 0 Å². The highest BCUT2D eigenvalue weighted by molar-refractivity contribution is 9.10. The van der Waals surface area contributed by atoms with Crippen molar-refractivity contribution in [3.63, 3.8) is 0 Å². The second-order valence-corrected chi connectivity index (χ2v) is 4.74. The van der Waals surface area contributed by atoms with Crippen LogP contribution < -0.4 is 0 Å². The van der Waals surface area contributed by atoms with Crippen molar-refractivity contribution in [3.05, 3.63) is 27.7 Å². The van der Waals surface area contributed by atoms with Crippen molar-refractivity contribution in [2.24, 2.45) is 0 Å². The van der Waals surface area contributed by atoms with Crippen LogP contribution in [0.4, 0.5) is 0 Å². The molecule has 0 N–H and O–H groups in total. The molecular formula is C12H10BrClN4. The molecule has 0 spiro atoms. The van der Waals surface area contributed by atoms with Gasteiger partial charge < -0.3 is 0 Å². The molecule has 1 aromatic heterocycles. The van der Waals surface area contributed by atoms with Gasteiger partial charge in [0.1, 0.15) is 6.54 Å². The van der Waals surface area contributed by atoms with Crippen LogP contribution in [-0.2, 0) is 6.54 Å². The first-order chi connectivity index (χ1) is 8.70. The van der Waals surface area contributed by atoms with E-state index in [0.717, 1.165) is 16.5 Å². The van der Waals surface area contributed by atoms with Gasteiger partial charge in [-0.15, -0.1) is 16.1 Å². The number of hydrogen-bond acceptors (Lipinski definition) is 3. The first-order valence-electron chi connectivity index (χ1n) is 5.39. The molecule has 1 aromatic carbocycles. The number of halogens is 2. The van der Waals surface area contributed by atoms with Crippen molar-refractivity contribution < 1.29 is 0 Å². The van der Waals surface area contributed by atoms with Gasteiger partial charge in [0.2, 0.25) is 5.82 Å². The van der Waals surface area contributed by atoms with Crippen LogP contribution in [0.3, 0.4) is 0 Å². The Morgan fingerprint density at radius 1 is 1.39 bits per heavy atom. The molecular weight excluding hydrogens is 316 g/mol. The molecule has 2 rings (SSSR count). The third kappa shape index (κ3) is 3.09. The van der Waals surface area contributed by atoms with E-state index in [9.17, 15) is 0 Å². The summed E-state index contributed by atoms with van der Waals surface area (Å²) >= 11 is 9.36. The highest BCUT2D eigenvalue weighted by Crippen LogP contribution is 2.26. The number of tetrazole rings is 1. The molecule has 0 atom stereocenters. The van der Waals surface area contributed by atoms with Crippen molar-refractivity contribution in [2.75, 3.05) is 0 Å². The molecule has 2 aromatic rings. The van der Waals surface area contributed by atoms with Gasteiger partial charge in [-0.25, -0.2) is 0 Å². The van der Waals surface area contributed by atoms with Gasteiger partial charge in [-0.1, -0.05) is 24.4 Å².